The van der Waals surface area contributed by atoms with Crippen LogP contribution in [0.5, 0.6) is 0 Å². The predicted octanol–water partition coefficient (Wildman–Crippen LogP) is 0.290. The quantitative estimate of drug-likeness (QED) is 0.751. The summed E-state index contributed by atoms with van der Waals surface area (Å²) in [6, 6.07) is 1.75. The van der Waals surface area contributed by atoms with Crippen molar-refractivity contribution in [3.05, 3.63) is 18.0 Å². The molecule has 15 heavy (non-hydrogen) atoms. The molecule has 1 aliphatic heterocycles. The van der Waals surface area contributed by atoms with Crippen molar-refractivity contribution in [2.45, 2.75) is 19.9 Å². The zero-order chi connectivity index (χ0) is 10.7. The molecule has 2 rings (SSSR count). The van der Waals surface area contributed by atoms with Crippen LogP contribution in [0.3, 0.4) is 0 Å². The summed E-state index contributed by atoms with van der Waals surface area (Å²) in [5.41, 5.74) is 0.474. The molecule has 1 unspecified atom stereocenters. The molecule has 5 nitrogen and oxygen atoms in total. The monoisotopic (exact) mass is 209 g/mol. The topological polar surface area (TPSA) is 67.2 Å². The van der Waals surface area contributed by atoms with Gasteiger partial charge in [0.1, 0.15) is 12.0 Å². The normalized spacial score (nSPS) is 25.4. The highest BCUT2D eigenvalue weighted by atomic mass is 16.5. The van der Waals surface area contributed by atoms with E-state index in [1.165, 1.54) is 6.26 Å². The van der Waals surface area contributed by atoms with Crippen molar-refractivity contribution in [3.63, 3.8) is 0 Å². The van der Waals surface area contributed by atoms with Crippen molar-refractivity contribution in [3.8, 4) is 0 Å². The molecule has 1 atom stereocenters. The lowest BCUT2D eigenvalue weighted by molar-refractivity contribution is -0.129. The fraction of sp³-hybridized carbons (Fsp3) is 0.600. The molecule has 1 aromatic rings. The summed E-state index contributed by atoms with van der Waals surface area (Å²) < 4.78 is 4.68. The highest BCUT2D eigenvalue weighted by Crippen LogP contribution is 2.24. The number of aromatic nitrogens is 1. The fourth-order valence-corrected chi connectivity index (χ4v) is 1.72. The number of amides is 1. The van der Waals surface area contributed by atoms with Gasteiger partial charge in [0.2, 0.25) is 5.91 Å². The maximum Gasteiger partial charge on any atom is 0.227 e. The Morgan fingerprint density at radius 2 is 2.67 bits per heavy atom. The summed E-state index contributed by atoms with van der Waals surface area (Å²) in [6.07, 6.45) is 2.39. The molecule has 0 aliphatic carbocycles. The third-order valence-electron chi connectivity index (χ3n) is 2.84. The van der Waals surface area contributed by atoms with Gasteiger partial charge in [-0.15, -0.1) is 0 Å². The van der Waals surface area contributed by atoms with Gasteiger partial charge in [0.05, 0.1) is 12.0 Å². The SMILES string of the molecule is CC1(C(=O)NCc2ccon2)CCNC1. The van der Waals surface area contributed by atoms with Crippen molar-refractivity contribution in [1.82, 2.24) is 15.8 Å². The first-order valence-corrected chi connectivity index (χ1v) is 5.09. The van der Waals surface area contributed by atoms with Gasteiger partial charge >= 0.3 is 0 Å². The van der Waals surface area contributed by atoms with Gasteiger partial charge in [0.25, 0.3) is 0 Å². The molecule has 82 valence electrons. The van der Waals surface area contributed by atoms with Crippen LogP contribution in [0.15, 0.2) is 16.9 Å². The van der Waals surface area contributed by atoms with Gasteiger partial charge in [-0.05, 0) is 19.9 Å². The van der Waals surface area contributed by atoms with Gasteiger partial charge in [0.15, 0.2) is 0 Å². The number of rotatable bonds is 3. The number of carbonyl (C=O) groups excluding carboxylic acids is 1. The van der Waals surface area contributed by atoms with Crippen molar-refractivity contribution in [2.75, 3.05) is 13.1 Å². The van der Waals surface area contributed by atoms with Crippen molar-refractivity contribution in [1.29, 1.82) is 0 Å². The minimum atomic E-state index is -0.274. The molecular weight excluding hydrogens is 194 g/mol. The van der Waals surface area contributed by atoms with Gasteiger partial charge in [0, 0.05) is 12.6 Å². The smallest absolute Gasteiger partial charge is 0.227 e. The van der Waals surface area contributed by atoms with Crippen LogP contribution in [0, 0.1) is 5.41 Å². The van der Waals surface area contributed by atoms with Crippen molar-refractivity contribution < 1.29 is 9.32 Å². The summed E-state index contributed by atoms with van der Waals surface area (Å²) in [5, 5.41) is 9.79. The van der Waals surface area contributed by atoms with E-state index >= 15 is 0 Å². The van der Waals surface area contributed by atoms with E-state index in [0.29, 0.717) is 6.54 Å². The highest BCUT2D eigenvalue weighted by Gasteiger charge is 2.35. The molecule has 5 heteroatoms. The average molecular weight is 209 g/mol. The minimum absolute atomic E-state index is 0.0792. The number of hydrogen-bond donors (Lipinski definition) is 2. The Hall–Kier alpha value is -1.36. The van der Waals surface area contributed by atoms with E-state index in [-0.39, 0.29) is 11.3 Å². The average Bonchev–Trinajstić information content (AvgIpc) is 2.85. The molecule has 1 amide bonds. The van der Waals surface area contributed by atoms with Crippen LogP contribution in [-0.4, -0.2) is 24.2 Å². The Balaban J connectivity index is 1.87. The summed E-state index contributed by atoms with van der Waals surface area (Å²) in [4.78, 5) is 11.9. The molecule has 2 heterocycles. The maximum atomic E-state index is 11.9. The lowest BCUT2D eigenvalue weighted by Crippen LogP contribution is -2.40. The van der Waals surface area contributed by atoms with E-state index in [1.807, 2.05) is 6.92 Å². The molecule has 0 aromatic carbocycles. The predicted molar refractivity (Wildman–Crippen MR) is 53.9 cm³/mol. The summed E-state index contributed by atoms with van der Waals surface area (Å²) in [5.74, 6) is 0.0792. The van der Waals surface area contributed by atoms with E-state index in [0.717, 1.165) is 25.2 Å². The van der Waals surface area contributed by atoms with Crippen LogP contribution in [-0.2, 0) is 11.3 Å². The Kier molecular flexibility index (Phi) is 2.73. The lowest BCUT2D eigenvalue weighted by atomic mass is 9.89. The Bertz CT molecular complexity index is 328. The molecule has 1 aromatic heterocycles. The van der Waals surface area contributed by atoms with Crippen LogP contribution in [0.2, 0.25) is 0 Å². The zero-order valence-corrected chi connectivity index (χ0v) is 8.75. The van der Waals surface area contributed by atoms with E-state index in [2.05, 4.69) is 20.3 Å². The first-order chi connectivity index (χ1) is 7.21. The third kappa shape index (κ3) is 2.18. The summed E-state index contributed by atoms with van der Waals surface area (Å²) in [7, 11) is 0. The maximum absolute atomic E-state index is 11.9. The number of nitrogens with one attached hydrogen (secondary N) is 2. The van der Waals surface area contributed by atoms with E-state index < -0.39 is 0 Å². The Morgan fingerprint density at radius 3 is 3.27 bits per heavy atom. The largest absolute Gasteiger partial charge is 0.364 e. The van der Waals surface area contributed by atoms with Gasteiger partial charge in [-0.3, -0.25) is 4.79 Å². The van der Waals surface area contributed by atoms with Crippen molar-refractivity contribution in [2.24, 2.45) is 5.41 Å². The molecule has 0 bridgehead atoms. The molecule has 0 saturated carbocycles. The highest BCUT2D eigenvalue weighted by molar-refractivity contribution is 5.82. The molecule has 0 spiro atoms. The standard InChI is InChI=1S/C10H15N3O2/c1-10(3-4-11-7-10)9(14)12-6-8-2-5-15-13-8/h2,5,11H,3-4,6-7H2,1H3,(H,12,14). The molecule has 1 fully saturated rings. The minimum Gasteiger partial charge on any atom is -0.364 e. The van der Waals surface area contributed by atoms with Crippen molar-refractivity contribution >= 4 is 5.91 Å². The Labute approximate surface area is 88.2 Å². The van der Waals surface area contributed by atoms with Gasteiger partial charge in [-0.25, -0.2) is 0 Å². The van der Waals surface area contributed by atoms with Crippen LogP contribution in [0.25, 0.3) is 0 Å². The Morgan fingerprint density at radius 1 is 1.80 bits per heavy atom. The molecular formula is C10H15N3O2. The first kappa shape index (κ1) is 10.2. The second-order valence-electron chi connectivity index (χ2n) is 4.16. The van der Waals surface area contributed by atoms with Crippen LogP contribution in [0.1, 0.15) is 19.0 Å². The van der Waals surface area contributed by atoms with E-state index in [4.69, 9.17) is 0 Å². The second-order valence-corrected chi connectivity index (χ2v) is 4.16. The fourth-order valence-electron chi connectivity index (χ4n) is 1.72. The second kappa shape index (κ2) is 4.02. The third-order valence-corrected chi connectivity index (χ3v) is 2.84. The number of carbonyl (C=O) groups is 1. The summed E-state index contributed by atoms with van der Waals surface area (Å²) >= 11 is 0. The van der Waals surface area contributed by atoms with E-state index in [1.54, 1.807) is 6.07 Å². The molecule has 2 N–H and O–H groups in total. The van der Waals surface area contributed by atoms with Crippen LogP contribution < -0.4 is 10.6 Å². The number of nitrogens with zero attached hydrogens (tertiary/aromatic N) is 1. The van der Waals surface area contributed by atoms with Gasteiger partial charge < -0.3 is 15.2 Å². The van der Waals surface area contributed by atoms with E-state index in [9.17, 15) is 4.79 Å². The van der Waals surface area contributed by atoms with Gasteiger partial charge in [-0.2, -0.15) is 0 Å². The van der Waals surface area contributed by atoms with Crippen LogP contribution >= 0.6 is 0 Å². The number of hydrogen-bond acceptors (Lipinski definition) is 4. The molecule has 1 aliphatic rings. The van der Waals surface area contributed by atoms with Crippen LogP contribution in [0.4, 0.5) is 0 Å². The first-order valence-electron chi connectivity index (χ1n) is 5.09. The molecule has 0 radical (unpaired) electrons. The lowest BCUT2D eigenvalue weighted by Gasteiger charge is -2.20. The van der Waals surface area contributed by atoms with Gasteiger partial charge in [-0.1, -0.05) is 5.16 Å². The zero-order valence-electron chi connectivity index (χ0n) is 8.75. The summed E-state index contributed by atoms with van der Waals surface area (Å²) in [6.45, 7) is 4.07. The molecule has 1 saturated heterocycles.